The van der Waals surface area contributed by atoms with E-state index in [1.807, 2.05) is 0 Å². The maximum atomic E-state index is 11.9. The van der Waals surface area contributed by atoms with E-state index < -0.39 is 0 Å². The smallest absolute Gasteiger partial charge is 0.302 e. The topological polar surface area (TPSA) is 65.0 Å². The molecule has 0 saturated carbocycles. The highest BCUT2D eigenvalue weighted by Crippen LogP contribution is 2.33. The fourth-order valence-electron chi connectivity index (χ4n) is 5.62. The minimum absolute atomic E-state index is 0.0475. The molecular weight excluding hydrogens is 464 g/mol. The first-order valence-corrected chi connectivity index (χ1v) is 15.5. The van der Waals surface area contributed by atoms with E-state index in [9.17, 15) is 9.90 Å². The minimum Gasteiger partial charge on any atom is -0.462 e. The van der Waals surface area contributed by atoms with Crippen LogP contribution in [0.2, 0.25) is 0 Å². The first kappa shape index (κ1) is 34.4. The molecule has 0 aromatic heterocycles. The SMILES string of the molecule is CCCC1OC(CC(C)C)CC(C(C)CCC(C)CC(OC(C)=O)C(C)CCC(C)CC(O)C(C)C)O1. The van der Waals surface area contributed by atoms with Crippen LogP contribution in [0.25, 0.3) is 0 Å². The highest BCUT2D eigenvalue weighted by atomic mass is 16.7. The van der Waals surface area contributed by atoms with Crippen molar-refractivity contribution >= 4 is 5.97 Å². The highest BCUT2D eigenvalue weighted by Gasteiger charge is 2.33. The van der Waals surface area contributed by atoms with E-state index in [0.29, 0.717) is 41.6 Å². The van der Waals surface area contributed by atoms with Crippen molar-refractivity contribution in [1.82, 2.24) is 0 Å². The fraction of sp³-hybridized carbons (Fsp3) is 0.969. The molecule has 0 bridgehead atoms. The molecular formula is C32H62O5. The standard InChI is InChI=1S/C32H62O5/c1-11-12-32-36-28(17-21(2)3)20-31(37-32)26(9)16-14-24(7)19-30(35-27(10)33)25(8)15-13-23(6)18-29(34)22(4)5/h21-26,28-32,34H,11-20H2,1-10H3. The minimum atomic E-state index is -0.241. The number of carbonyl (C=O) groups excluding carboxylic acids is 1. The summed E-state index contributed by atoms with van der Waals surface area (Å²) in [4.78, 5) is 11.9. The van der Waals surface area contributed by atoms with Gasteiger partial charge in [0.25, 0.3) is 0 Å². The van der Waals surface area contributed by atoms with Gasteiger partial charge >= 0.3 is 5.97 Å². The lowest BCUT2D eigenvalue weighted by molar-refractivity contribution is -0.257. The van der Waals surface area contributed by atoms with Gasteiger partial charge in [-0.2, -0.15) is 0 Å². The van der Waals surface area contributed by atoms with Gasteiger partial charge in [0.05, 0.1) is 18.3 Å². The maximum Gasteiger partial charge on any atom is 0.302 e. The zero-order chi connectivity index (χ0) is 28.1. The van der Waals surface area contributed by atoms with Crippen LogP contribution in [0.3, 0.4) is 0 Å². The van der Waals surface area contributed by atoms with Crippen LogP contribution in [-0.4, -0.2) is 41.8 Å². The van der Waals surface area contributed by atoms with Gasteiger partial charge in [-0.25, -0.2) is 0 Å². The maximum absolute atomic E-state index is 11.9. The molecule has 0 aromatic rings. The predicted molar refractivity (Wildman–Crippen MR) is 153 cm³/mol. The molecule has 1 saturated heterocycles. The summed E-state index contributed by atoms with van der Waals surface area (Å²) >= 11 is 0. The van der Waals surface area contributed by atoms with E-state index in [1.165, 1.54) is 6.92 Å². The summed E-state index contributed by atoms with van der Waals surface area (Å²) in [5, 5.41) is 10.2. The number of ether oxygens (including phenoxy) is 3. The Balaban J connectivity index is 2.60. The Morgan fingerprint density at radius 1 is 0.919 bits per heavy atom. The summed E-state index contributed by atoms with van der Waals surface area (Å²) in [7, 11) is 0. The summed E-state index contributed by atoms with van der Waals surface area (Å²) in [6.07, 6.45) is 10.3. The molecule has 0 aliphatic carbocycles. The van der Waals surface area contributed by atoms with Crippen molar-refractivity contribution < 1.29 is 24.1 Å². The average molecular weight is 527 g/mol. The molecule has 1 N–H and O–H groups in total. The van der Waals surface area contributed by atoms with E-state index in [4.69, 9.17) is 14.2 Å². The molecule has 0 spiro atoms. The van der Waals surface area contributed by atoms with Gasteiger partial charge < -0.3 is 19.3 Å². The van der Waals surface area contributed by atoms with Crippen LogP contribution in [0.4, 0.5) is 0 Å². The summed E-state index contributed by atoms with van der Waals surface area (Å²) in [5.74, 6) is 2.48. The summed E-state index contributed by atoms with van der Waals surface area (Å²) in [6, 6.07) is 0. The van der Waals surface area contributed by atoms with Crippen LogP contribution in [0.5, 0.6) is 0 Å². The second kappa shape index (κ2) is 17.8. The van der Waals surface area contributed by atoms with Crippen LogP contribution in [0, 0.1) is 35.5 Å². The molecule has 0 aromatic carbocycles. The van der Waals surface area contributed by atoms with Gasteiger partial charge in [0.1, 0.15) is 6.10 Å². The molecule has 1 aliphatic rings. The molecule has 0 radical (unpaired) electrons. The zero-order valence-electron chi connectivity index (χ0n) is 26.0. The van der Waals surface area contributed by atoms with E-state index in [1.54, 1.807) is 0 Å². The molecule has 1 aliphatic heterocycles. The Hall–Kier alpha value is -0.650. The number of hydrogen-bond acceptors (Lipinski definition) is 5. The molecule has 5 nitrogen and oxygen atoms in total. The summed E-state index contributed by atoms with van der Waals surface area (Å²) in [6.45, 7) is 21.5. The second-order valence-electron chi connectivity index (χ2n) is 13.3. The summed E-state index contributed by atoms with van der Waals surface area (Å²) in [5.41, 5.74) is 0. The van der Waals surface area contributed by atoms with Gasteiger partial charge in [-0.1, -0.05) is 81.6 Å². The number of esters is 1. The van der Waals surface area contributed by atoms with Crippen LogP contribution in [0.15, 0.2) is 0 Å². The van der Waals surface area contributed by atoms with Gasteiger partial charge in [0.15, 0.2) is 6.29 Å². The number of aliphatic hydroxyl groups is 1. The largest absolute Gasteiger partial charge is 0.462 e. The molecule has 5 heteroatoms. The number of carbonyl (C=O) groups is 1. The molecule has 1 heterocycles. The molecule has 0 amide bonds. The monoisotopic (exact) mass is 526 g/mol. The third-order valence-electron chi connectivity index (χ3n) is 8.29. The van der Waals surface area contributed by atoms with Gasteiger partial charge in [-0.3, -0.25) is 4.79 Å². The van der Waals surface area contributed by atoms with Gasteiger partial charge in [-0.05, 0) is 74.0 Å². The Morgan fingerprint density at radius 3 is 2.11 bits per heavy atom. The predicted octanol–water partition coefficient (Wildman–Crippen LogP) is 8.17. The van der Waals surface area contributed by atoms with Crippen molar-refractivity contribution in [3.63, 3.8) is 0 Å². The van der Waals surface area contributed by atoms with E-state index in [0.717, 1.165) is 64.2 Å². The van der Waals surface area contributed by atoms with Crippen molar-refractivity contribution in [2.45, 2.75) is 164 Å². The van der Waals surface area contributed by atoms with Crippen LogP contribution in [0.1, 0.15) is 133 Å². The Kier molecular flexibility index (Phi) is 16.6. The van der Waals surface area contributed by atoms with Crippen molar-refractivity contribution in [1.29, 1.82) is 0 Å². The third kappa shape index (κ3) is 14.3. The van der Waals surface area contributed by atoms with Crippen molar-refractivity contribution in [3.8, 4) is 0 Å². The Labute approximate surface area is 229 Å². The quantitative estimate of drug-likeness (QED) is 0.182. The number of hydrogen-bond donors (Lipinski definition) is 1. The number of rotatable bonds is 18. The second-order valence-corrected chi connectivity index (χ2v) is 13.3. The van der Waals surface area contributed by atoms with E-state index in [-0.39, 0.29) is 30.6 Å². The Bertz CT molecular complexity index is 606. The van der Waals surface area contributed by atoms with Crippen molar-refractivity contribution in [3.05, 3.63) is 0 Å². The Morgan fingerprint density at radius 2 is 1.54 bits per heavy atom. The molecule has 220 valence electrons. The first-order valence-electron chi connectivity index (χ1n) is 15.5. The fourth-order valence-corrected chi connectivity index (χ4v) is 5.62. The van der Waals surface area contributed by atoms with Crippen LogP contribution in [-0.2, 0) is 19.0 Å². The van der Waals surface area contributed by atoms with Crippen molar-refractivity contribution in [2.24, 2.45) is 35.5 Å². The third-order valence-corrected chi connectivity index (χ3v) is 8.29. The highest BCUT2D eigenvalue weighted by molar-refractivity contribution is 5.66. The van der Waals surface area contributed by atoms with Gasteiger partial charge in [0, 0.05) is 13.3 Å². The normalized spacial score (nSPS) is 25.5. The van der Waals surface area contributed by atoms with E-state index in [2.05, 4.69) is 62.3 Å². The lowest BCUT2D eigenvalue weighted by Crippen LogP contribution is -2.41. The van der Waals surface area contributed by atoms with Crippen LogP contribution >= 0.6 is 0 Å². The molecule has 1 rings (SSSR count). The lowest BCUT2D eigenvalue weighted by atomic mass is 9.84. The molecule has 37 heavy (non-hydrogen) atoms. The average Bonchev–Trinajstić information content (AvgIpc) is 2.79. The van der Waals surface area contributed by atoms with Crippen LogP contribution < -0.4 is 0 Å². The molecule has 9 atom stereocenters. The lowest BCUT2D eigenvalue weighted by Gasteiger charge is -2.39. The first-order chi connectivity index (χ1) is 17.3. The molecule has 1 fully saturated rings. The van der Waals surface area contributed by atoms with E-state index >= 15 is 0 Å². The zero-order valence-corrected chi connectivity index (χ0v) is 26.0. The molecule has 9 unspecified atom stereocenters. The van der Waals surface area contributed by atoms with Gasteiger partial charge in [-0.15, -0.1) is 0 Å². The summed E-state index contributed by atoms with van der Waals surface area (Å²) < 4.78 is 18.5. The number of aliphatic hydroxyl groups excluding tert-OH is 1. The van der Waals surface area contributed by atoms with Gasteiger partial charge in [0.2, 0.25) is 0 Å². The van der Waals surface area contributed by atoms with Crippen molar-refractivity contribution in [2.75, 3.05) is 0 Å².